The van der Waals surface area contributed by atoms with E-state index in [2.05, 4.69) is 9.97 Å². The summed E-state index contributed by atoms with van der Waals surface area (Å²) in [5.41, 5.74) is 8.11. The molecule has 0 bridgehead atoms. The second kappa shape index (κ2) is 11.1. The maximum Gasteiger partial charge on any atom is 0.264 e. The van der Waals surface area contributed by atoms with Crippen LogP contribution in [-0.2, 0) is 11.3 Å². The normalized spacial score (nSPS) is 15.6. The van der Waals surface area contributed by atoms with E-state index < -0.39 is 11.6 Å². The van der Waals surface area contributed by atoms with Crippen LogP contribution in [0.1, 0.15) is 26.7 Å². The van der Waals surface area contributed by atoms with Gasteiger partial charge in [0.1, 0.15) is 35.2 Å². The second-order valence-electron chi connectivity index (χ2n) is 9.90. The van der Waals surface area contributed by atoms with Gasteiger partial charge in [0.05, 0.1) is 18.0 Å². The minimum atomic E-state index is -1.07. The number of nitriles is 1. The van der Waals surface area contributed by atoms with Crippen molar-refractivity contribution in [2.24, 2.45) is 5.92 Å². The molecule has 1 aliphatic rings. The fourth-order valence-electron chi connectivity index (χ4n) is 4.87. The lowest BCUT2D eigenvalue weighted by Crippen LogP contribution is -2.39. The summed E-state index contributed by atoms with van der Waals surface area (Å²) in [7, 11) is 0. The Morgan fingerprint density at radius 3 is 2.73 bits per heavy atom. The number of anilines is 1. The zero-order chi connectivity index (χ0) is 28.4. The fraction of sp³-hybridized carbons (Fsp3) is 0.276. The van der Waals surface area contributed by atoms with Crippen LogP contribution in [0.15, 0.2) is 60.4 Å². The number of hydrogen-bond donors (Lipinski definition) is 1. The van der Waals surface area contributed by atoms with Crippen molar-refractivity contribution in [2.45, 2.75) is 39.3 Å². The van der Waals surface area contributed by atoms with Crippen LogP contribution < -0.4 is 10.5 Å². The predicted molar refractivity (Wildman–Crippen MR) is 145 cm³/mol. The summed E-state index contributed by atoms with van der Waals surface area (Å²) in [5.74, 6) is -1.94. The number of nitrogens with two attached hydrogens (primary N) is 1. The maximum absolute atomic E-state index is 14.0. The Kier molecular flexibility index (Phi) is 7.42. The van der Waals surface area contributed by atoms with E-state index in [1.807, 2.05) is 19.9 Å². The summed E-state index contributed by atoms with van der Waals surface area (Å²) in [6.07, 6.45) is 4.61. The van der Waals surface area contributed by atoms with Gasteiger partial charge >= 0.3 is 0 Å². The first-order chi connectivity index (χ1) is 19.3. The molecule has 2 N–H and O–H groups in total. The summed E-state index contributed by atoms with van der Waals surface area (Å²) in [6.45, 7) is 4.76. The molecule has 11 heteroatoms. The van der Waals surface area contributed by atoms with Crippen LogP contribution in [-0.4, -0.2) is 43.1 Å². The monoisotopic (exact) mass is 543 g/mol. The second-order valence-corrected chi connectivity index (χ2v) is 9.90. The molecule has 1 amide bonds. The SMILES string of the molecule is CC(C)/C=C(\C#N)C(=O)N1CCC[C@H]1Cn1nc(-c2ccc(Oc3cccc(F)c3F)cc2)c2c(N)ncnc21. The molecule has 0 unspecified atom stereocenters. The molecule has 9 nitrogen and oxygen atoms in total. The Hall–Kier alpha value is -4.85. The van der Waals surface area contributed by atoms with Crippen LogP contribution in [0.4, 0.5) is 14.6 Å². The van der Waals surface area contributed by atoms with Gasteiger partial charge in [-0.15, -0.1) is 0 Å². The number of ether oxygens (including phenoxy) is 1. The van der Waals surface area contributed by atoms with E-state index in [4.69, 9.17) is 15.6 Å². The van der Waals surface area contributed by atoms with Crippen LogP contribution in [0.2, 0.25) is 0 Å². The molecule has 0 aliphatic carbocycles. The molecule has 204 valence electrons. The maximum atomic E-state index is 14.0. The van der Waals surface area contributed by atoms with E-state index in [-0.39, 0.29) is 35.0 Å². The lowest BCUT2D eigenvalue weighted by molar-refractivity contribution is -0.127. The lowest BCUT2D eigenvalue weighted by Gasteiger charge is -2.24. The molecular formula is C29H27F2N7O2. The number of fused-ring (bicyclic) bond motifs is 1. The van der Waals surface area contributed by atoms with Crippen LogP contribution in [0.25, 0.3) is 22.3 Å². The number of nitrogen functional groups attached to an aromatic ring is 1. The van der Waals surface area contributed by atoms with Gasteiger partial charge in [-0.05, 0) is 55.2 Å². The summed E-state index contributed by atoms with van der Waals surface area (Å²) in [5, 5.41) is 14.9. The molecule has 3 heterocycles. The number of hydrogen-bond acceptors (Lipinski definition) is 7. The highest BCUT2D eigenvalue weighted by atomic mass is 19.2. The zero-order valence-electron chi connectivity index (χ0n) is 22.0. The van der Waals surface area contributed by atoms with Crippen molar-refractivity contribution in [3.05, 3.63) is 72.1 Å². The van der Waals surface area contributed by atoms with Crippen LogP contribution in [0.3, 0.4) is 0 Å². The molecular weight excluding hydrogens is 516 g/mol. The molecule has 0 spiro atoms. The first-order valence-corrected chi connectivity index (χ1v) is 12.9. The third-order valence-corrected chi connectivity index (χ3v) is 6.70. The number of halogens is 2. The van der Waals surface area contributed by atoms with Crippen molar-refractivity contribution in [3.63, 3.8) is 0 Å². The fourth-order valence-corrected chi connectivity index (χ4v) is 4.87. The smallest absolute Gasteiger partial charge is 0.264 e. The lowest BCUT2D eigenvalue weighted by atomic mass is 10.1. The summed E-state index contributed by atoms with van der Waals surface area (Å²) in [4.78, 5) is 23.5. The zero-order valence-corrected chi connectivity index (χ0v) is 22.0. The third kappa shape index (κ3) is 5.20. The number of likely N-dealkylation sites (tertiary alicyclic amines) is 1. The molecule has 1 saturated heterocycles. The van der Waals surface area contributed by atoms with E-state index in [0.717, 1.165) is 18.9 Å². The minimum absolute atomic E-state index is 0.0709. The first-order valence-electron chi connectivity index (χ1n) is 12.9. The summed E-state index contributed by atoms with van der Waals surface area (Å²) < 4.78 is 34.8. The highest BCUT2D eigenvalue weighted by Gasteiger charge is 2.32. The van der Waals surface area contributed by atoms with E-state index >= 15 is 0 Å². The van der Waals surface area contributed by atoms with Gasteiger partial charge < -0.3 is 15.4 Å². The van der Waals surface area contributed by atoms with E-state index in [1.54, 1.807) is 39.9 Å². The molecule has 0 saturated carbocycles. The number of carbonyl (C=O) groups excluding carboxylic acids is 1. The van der Waals surface area contributed by atoms with Gasteiger partial charge in [0, 0.05) is 12.1 Å². The molecule has 1 fully saturated rings. The predicted octanol–water partition coefficient (Wildman–Crippen LogP) is 5.24. The van der Waals surface area contributed by atoms with Gasteiger partial charge in [-0.3, -0.25) is 4.79 Å². The Morgan fingerprint density at radius 2 is 2.00 bits per heavy atom. The molecule has 2 aromatic carbocycles. The van der Waals surface area contributed by atoms with Gasteiger partial charge in [0.15, 0.2) is 17.2 Å². The van der Waals surface area contributed by atoms with Gasteiger partial charge in [-0.1, -0.05) is 26.0 Å². The Bertz CT molecular complexity index is 1640. The molecule has 0 radical (unpaired) electrons. The Morgan fingerprint density at radius 1 is 1.23 bits per heavy atom. The third-order valence-electron chi connectivity index (χ3n) is 6.70. The van der Waals surface area contributed by atoms with Gasteiger partial charge in [0.2, 0.25) is 5.82 Å². The molecule has 5 rings (SSSR count). The topological polar surface area (TPSA) is 123 Å². The van der Waals surface area contributed by atoms with Crippen molar-refractivity contribution in [1.29, 1.82) is 5.26 Å². The van der Waals surface area contributed by atoms with Crippen LogP contribution in [0, 0.1) is 28.9 Å². The Labute approximate surface area is 229 Å². The number of nitrogens with zero attached hydrogens (tertiary/aromatic N) is 6. The number of amides is 1. The molecule has 40 heavy (non-hydrogen) atoms. The number of allylic oxidation sites excluding steroid dienone is 1. The molecule has 2 aromatic heterocycles. The minimum Gasteiger partial charge on any atom is -0.454 e. The van der Waals surface area contributed by atoms with E-state index in [1.165, 1.54) is 18.5 Å². The molecule has 1 atom stereocenters. The largest absolute Gasteiger partial charge is 0.454 e. The number of benzene rings is 2. The van der Waals surface area contributed by atoms with Gasteiger partial charge in [-0.2, -0.15) is 14.8 Å². The molecule has 1 aliphatic heterocycles. The van der Waals surface area contributed by atoms with E-state index in [9.17, 15) is 18.8 Å². The number of aromatic nitrogens is 4. The van der Waals surface area contributed by atoms with E-state index in [0.29, 0.717) is 41.1 Å². The standard InChI is InChI=1S/C29H27F2N7O2/c1-17(2)13-19(14-32)29(39)37-12-4-5-20(37)15-38-28-24(27(33)34-16-35-28)26(36-38)18-8-10-21(11-9-18)40-23-7-3-6-22(30)25(23)31/h3,6-11,13,16-17,20H,4-5,12,15H2,1-2H3,(H2,33,34,35)/b19-13+/t20-/m0/s1. The summed E-state index contributed by atoms with van der Waals surface area (Å²) >= 11 is 0. The van der Waals surface area contributed by atoms with Crippen molar-refractivity contribution in [3.8, 4) is 28.8 Å². The van der Waals surface area contributed by atoms with Crippen molar-refractivity contribution < 1.29 is 18.3 Å². The average molecular weight is 544 g/mol. The summed E-state index contributed by atoms with van der Waals surface area (Å²) in [6, 6.07) is 12.3. The first kappa shape index (κ1) is 26.7. The van der Waals surface area contributed by atoms with Gasteiger partial charge in [-0.25, -0.2) is 19.0 Å². The van der Waals surface area contributed by atoms with Crippen molar-refractivity contribution >= 4 is 22.8 Å². The molecule has 4 aromatic rings. The highest BCUT2D eigenvalue weighted by molar-refractivity contribution is 5.99. The van der Waals surface area contributed by atoms with Crippen LogP contribution >= 0.6 is 0 Å². The number of rotatable bonds is 7. The average Bonchev–Trinajstić information content (AvgIpc) is 3.56. The Balaban J connectivity index is 1.44. The van der Waals surface area contributed by atoms with Crippen molar-refractivity contribution in [2.75, 3.05) is 12.3 Å². The van der Waals surface area contributed by atoms with Crippen molar-refractivity contribution in [1.82, 2.24) is 24.6 Å². The quantitative estimate of drug-likeness (QED) is 0.250. The van der Waals surface area contributed by atoms with Crippen LogP contribution in [0.5, 0.6) is 11.5 Å². The highest BCUT2D eigenvalue weighted by Crippen LogP contribution is 2.33. The van der Waals surface area contributed by atoms with Gasteiger partial charge in [0.25, 0.3) is 5.91 Å². The number of carbonyl (C=O) groups is 1.